The van der Waals surface area contributed by atoms with Crippen molar-refractivity contribution in [2.45, 2.75) is 95.1 Å². The third-order valence-electron chi connectivity index (χ3n) is 17.8. The van der Waals surface area contributed by atoms with Crippen molar-refractivity contribution < 1.29 is 84.5 Å². The van der Waals surface area contributed by atoms with Gasteiger partial charge in [-0.1, -0.05) is 61.5 Å². The fraction of sp³-hybridized carbons (Fsp3) is 0.424. The van der Waals surface area contributed by atoms with E-state index in [9.17, 15) is 63.5 Å². The van der Waals surface area contributed by atoms with Crippen LogP contribution in [0.1, 0.15) is 59.5 Å². The molecule has 3 aliphatic heterocycles. The van der Waals surface area contributed by atoms with Crippen LogP contribution >= 0.6 is 34.8 Å². The number of hydrogen-bond donors (Lipinski definition) is 6. The van der Waals surface area contributed by atoms with Crippen LogP contribution in [0.25, 0.3) is 67.3 Å². The van der Waals surface area contributed by atoms with Gasteiger partial charge in [0.2, 0.25) is 17.7 Å². The highest BCUT2D eigenvalue weighted by atomic mass is 35.5. The molecule has 574 valence electrons. The van der Waals surface area contributed by atoms with Crippen molar-refractivity contribution in [1.29, 1.82) is 0 Å². The molecule has 6 N–H and O–H groups in total. The second-order valence-corrected chi connectivity index (χ2v) is 26.8. The van der Waals surface area contributed by atoms with Crippen LogP contribution in [0, 0.1) is 17.7 Å². The second-order valence-electron chi connectivity index (χ2n) is 25.4. The number of fused-ring (bicyclic) bond motifs is 4. The number of aromatic nitrogens is 12. The number of methoxy groups -OCH3 is 1. The van der Waals surface area contributed by atoms with Crippen LogP contribution in [0.3, 0.4) is 0 Å². The van der Waals surface area contributed by atoms with Gasteiger partial charge in [-0.3, -0.25) is 14.4 Å². The standard InChI is InChI=1S/C24H27ClF3N7O3.C22H21ClF4N6O.C20H19ClF3N7O3.5H2/c1-14(2)4-8-38-23(37)34-6-7-35(18(12-34)22(36)32-13-24(26,27)28)19-3-5-29-21(33-19)17-11-31-20-16(17)9-15(25)10-30-20;23-12-6-13-14(8-29-18(13)28-7-12)19-30-9-15(24)20(32-19)33-16-4-2-1-3-11(16)5-17(33)21(34)31-10-22(25,26)27;1-34-19(33)30-4-5-31(14(9-30)18(32)28-10-20(22,23)24)15-2-3-25-17(29-15)13-8-27-16-12(13)6-11(21)7-26-16;;;;;/h3,5,9-11,14,18H,4,6-8,12-13H2,1-2H3,(H,30,31)(H,32,36);6-9,11,16-17H,1-5,10H2,(H,28,29)(H,31,34);2-3,6-8,14H,4-5,9-10H2,1H3,(H,26,27)(H,28,32);5*1H/t18-;11-,16-,17-;14-;;;;;/m101...../s1. The van der Waals surface area contributed by atoms with E-state index in [0.29, 0.717) is 113 Å². The summed E-state index contributed by atoms with van der Waals surface area (Å²) in [6, 6.07) is 4.80. The summed E-state index contributed by atoms with van der Waals surface area (Å²) in [7, 11) is 1.19. The molecule has 0 aromatic carbocycles. The molecule has 4 aliphatic rings. The van der Waals surface area contributed by atoms with Crippen LogP contribution in [-0.4, -0.2) is 215 Å². The Labute approximate surface area is 618 Å². The maximum Gasteiger partial charge on any atom is 0.409 e. The van der Waals surface area contributed by atoms with Gasteiger partial charge in [0.15, 0.2) is 29.1 Å². The van der Waals surface area contributed by atoms with E-state index >= 15 is 4.39 Å². The number of piperazine rings is 2. The lowest BCUT2D eigenvalue weighted by Crippen LogP contribution is -2.61. The first kappa shape index (κ1) is 76.9. The predicted octanol–water partition coefficient (Wildman–Crippen LogP) is 12.5. The predicted molar refractivity (Wildman–Crippen MR) is 379 cm³/mol. The minimum absolute atomic E-state index is 0. The van der Waals surface area contributed by atoms with Crippen molar-refractivity contribution in [2.75, 3.05) is 87.3 Å². The zero-order valence-electron chi connectivity index (χ0n) is 56.4. The van der Waals surface area contributed by atoms with Gasteiger partial charge in [-0.2, -0.15) is 39.5 Å². The van der Waals surface area contributed by atoms with E-state index in [2.05, 4.69) is 59.8 Å². The molecule has 4 fully saturated rings. The van der Waals surface area contributed by atoms with Crippen molar-refractivity contribution in [3.8, 4) is 34.2 Å². The zero-order chi connectivity index (χ0) is 75.9. The molecule has 13 rings (SSSR count). The SMILES string of the molecule is CC(C)CCOC(=O)N1CCN(c2ccnc(-c3c[nH]c4ncc(Cl)cc34)n2)[C@@H](C(=O)NCC(F)(F)F)C1.COC(=O)N1CCN(c2ccnc(-c3c[nH]c4ncc(Cl)cc34)n2)[C@@H](C(=O)NCC(F)(F)F)C1.O=C(NCC(F)(F)F)[C@@H]1C[C@@H]2CCCC[C@@H]2N1c1nc(-c2c[nH]c3ncc(Cl)cc23)ncc1F.[HH].[HH].[HH].[HH].[HH]. The molecule has 5 atom stereocenters. The molecular weight excluding hydrogens is 1480 g/mol. The Balaban J connectivity index is 0.000000254. The Morgan fingerprint density at radius 3 is 1.43 bits per heavy atom. The summed E-state index contributed by atoms with van der Waals surface area (Å²) in [6.07, 6.45) is 2.84. The number of pyridine rings is 3. The number of alkyl halides is 9. The number of carbonyl (C=O) groups is 5. The second kappa shape index (κ2) is 32.7. The first-order chi connectivity index (χ1) is 50.4. The number of nitrogens with one attached hydrogen (secondary N) is 6. The molecule has 106 heavy (non-hydrogen) atoms. The van der Waals surface area contributed by atoms with Crippen LogP contribution in [0.4, 0.5) is 70.9 Å². The summed E-state index contributed by atoms with van der Waals surface area (Å²) in [4.78, 5) is 118. The number of rotatable bonds is 15. The third kappa shape index (κ3) is 18.7. The van der Waals surface area contributed by atoms with Crippen LogP contribution in [-0.2, 0) is 23.9 Å². The molecule has 1 aliphatic carbocycles. The summed E-state index contributed by atoms with van der Waals surface area (Å²) in [5, 5.41) is 9.03. The molecule has 1 saturated carbocycles. The highest BCUT2D eigenvalue weighted by molar-refractivity contribution is 6.32. The molecule has 5 amide bonds. The summed E-state index contributed by atoms with van der Waals surface area (Å²) in [5.41, 5.74) is 3.47. The van der Waals surface area contributed by atoms with Gasteiger partial charge >= 0.3 is 30.7 Å². The summed E-state index contributed by atoms with van der Waals surface area (Å²) >= 11 is 18.2. The van der Waals surface area contributed by atoms with E-state index < -0.39 is 92.0 Å². The van der Waals surface area contributed by atoms with Crippen LogP contribution in [0.2, 0.25) is 15.1 Å². The van der Waals surface area contributed by atoms with Gasteiger partial charge < -0.3 is 64.9 Å². The topological polar surface area (TPSA) is 319 Å². The monoisotopic (exact) mass is 1560 g/mol. The number of amides is 5. The van der Waals surface area contributed by atoms with Gasteiger partial charge in [-0.15, -0.1) is 0 Å². The minimum atomic E-state index is -4.59. The molecule has 27 nitrogen and oxygen atoms in total. The van der Waals surface area contributed by atoms with Crippen molar-refractivity contribution in [1.82, 2.24) is 85.6 Å². The minimum Gasteiger partial charge on any atom is -0.453 e. The quantitative estimate of drug-likeness (QED) is 0.0519. The van der Waals surface area contributed by atoms with E-state index in [0.717, 1.165) is 25.5 Å². The van der Waals surface area contributed by atoms with Gasteiger partial charge in [0, 0.05) is 122 Å². The van der Waals surface area contributed by atoms with E-state index in [-0.39, 0.29) is 76.6 Å². The smallest absolute Gasteiger partial charge is 0.409 e. The average molecular weight is 1560 g/mol. The first-order valence-corrected chi connectivity index (χ1v) is 34.2. The lowest BCUT2D eigenvalue weighted by atomic mass is 9.84. The summed E-state index contributed by atoms with van der Waals surface area (Å²) in [6.45, 7) is 0.0653. The first-order valence-electron chi connectivity index (χ1n) is 33.1. The number of halogens is 13. The Kier molecular flexibility index (Phi) is 23.7. The van der Waals surface area contributed by atoms with E-state index in [1.54, 1.807) is 58.7 Å². The number of nitrogens with zero attached hydrogens (tertiary/aromatic N) is 14. The molecule has 0 unspecified atom stereocenters. The van der Waals surface area contributed by atoms with Crippen molar-refractivity contribution in [3.63, 3.8) is 0 Å². The normalized spacial score (nSPS) is 18.4. The number of anilines is 3. The Bertz CT molecular complexity index is 4690. The number of ether oxygens (including phenoxy) is 2. The van der Waals surface area contributed by atoms with Crippen LogP contribution in [0.5, 0.6) is 0 Å². The maximum absolute atomic E-state index is 15.1. The molecule has 9 aromatic heterocycles. The molecule has 0 bridgehead atoms. The van der Waals surface area contributed by atoms with Crippen molar-refractivity contribution in [2.24, 2.45) is 11.8 Å². The number of carbonyl (C=O) groups excluding carboxylic acids is 5. The van der Waals surface area contributed by atoms with Gasteiger partial charge in [-0.05, 0) is 67.9 Å². The highest BCUT2D eigenvalue weighted by Gasteiger charge is 2.48. The summed E-state index contributed by atoms with van der Waals surface area (Å²) in [5.74, 6) is -1.55. The molecule has 9 aromatic rings. The third-order valence-corrected chi connectivity index (χ3v) is 18.4. The van der Waals surface area contributed by atoms with Crippen LogP contribution in [0.15, 0.2) is 86.1 Å². The summed E-state index contributed by atoms with van der Waals surface area (Å²) < 4.78 is 140. The molecule has 0 spiro atoms. The highest BCUT2D eigenvalue weighted by Crippen LogP contribution is 2.44. The Hall–Kier alpha value is -10.2. The number of H-pyrrole nitrogens is 3. The molecule has 0 radical (unpaired) electrons. The van der Waals surface area contributed by atoms with Crippen LogP contribution < -0.4 is 30.7 Å². The van der Waals surface area contributed by atoms with Gasteiger partial charge in [0.25, 0.3) is 0 Å². The maximum atomic E-state index is 15.1. The number of hydrogen-bond acceptors (Lipinski definition) is 19. The molecule has 3 saturated heterocycles. The largest absolute Gasteiger partial charge is 0.453 e. The molecule has 40 heteroatoms. The van der Waals surface area contributed by atoms with Gasteiger partial charge in [0.1, 0.15) is 66.3 Å². The van der Waals surface area contributed by atoms with E-state index in [1.807, 2.05) is 29.8 Å². The lowest BCUT2D eigenvalue weighted by Gasteiger charge is -2.40. The van der Waals surface area contributed by atoms with Crippen molar-refractivity contribution >= 4 is 115 Å². The Morgan fingerprint density at radius 2 is 1.00 bits per heavy atom. The van der Waals surface area contributed by atoms with E-state index in [1.165, 1.54) is 52.8 Å². The fourth-order valence-corrected chi connectivity index (χ4v) is 13.3. The Morgan fingerprint density at radius 1 is 0.575 bits per heavy atom. The molecule has 12 heterocycles. The average Bonchev–Trinajstić information content (AvgIpc) is 1.64. The van der Waals surface area contributed by atoms with Crippen molar-refractivity contribution in [3.05, 3.63) is 107 Å². The lowest BCUT2D eigenvalue weighted by molar-refractivity contribution is -0.139. The van der Waals surface area contributed by atoms with Gasteiger partial charge in [0.05, 0.1) is 48.1 Å². The number of aromatic amines is 3. The zero-order valence-corrected chi connectivity index (χ0v) is 58.7. The fourth-order valence-electron chi connectivity index (χ4n) is 12.8. The molecular formula is C66H77Cl3F10N20O7. The van der Waals surface area contributed by atoms with Gasteiger partial charge in [-0.25, -0.2) is 58.8 Å². The van der Waals surface area contributed by atoms with E-state index in [4.69, 9.17) is 44.3 Å².